The summed E-state index contributed by atoms with van der Waals surface area (Å²) in [5, 5.41) is 10.1. The number of hydrogen-bond donors (Lipinski definition) is 2. The van der Waals surface area contributed by atoms with E-state index in [-0.39, 0.29) is 0 Å². The fraction of sp³-hybridized carbons (Fsp3) is 0.538. The molecule has 0 saturated carbocycles. The van der Waals surface area contributed by atoms with Gasteiger partial charge in [-0.15, -0.1) is 0 Å². The molecule has 1 saturated heterocycles. The van der Waals surface area contributed by atoms with E-state index in [4.69, 9.17) is 5.73 Å². The molecular formula is C13H19N3O2. The molecule has 1 aromatic heterocycles. The first-order chi connectivity index (χ1) is 8.60. The van der Waals surface area contributed by atoms with Crippen LogP contribution in [-0.4, -0.2) is 46.1 Å². The van der Waals surface area contributed by atoms with Crippen molar-refractivity contribution < 1.29 is 9.90 Å². The van der Waals surface area contributed by atoms with Crippen LogP contribution in [0.1, 0.15) is 18.5 Å². The zero-order valence-electron chi connectivity index (χ0n) is 10.4. The molecule has 18 heavy (non-hydrogen) atoms. The number of nitrogens with two attached hydrogens (primary N) is 1. The van der Waals surface area contributed by atoms with Gasteiger partial charge in [-0.2, -0.15) is 0 Å². The van der Waals surface area contributed by atoms with Crippen LogP contribution in [0.5, 0.6) is 0 Å². The van der Waals surface area contributed by atoms with Gasteiger partial charge in [0.05, 0.1) is 0 Å². The molecule has 2 heterocycles. The number of amides is 1. The smallest absolute Gasteiger partial charge is 0.250 e. The Kier molecular flexibility index (Phi) is 3.93. The van der Waals surface area contributed by atoms with Gasteiger partial charge in [0.1, 0.15) is 0 Å². The average Bonchev–Trinajstić information content (AvgIpc) is 2.38. The van der Waals surface area contributed by atoms with Crippen LogP contribution < -0.4 is 5.73 Å². The van der Waals surface area contributed by atoms with Crippen LogP contribution in [0.4, 0.5) is 0 Å². The van der Waals surface area contributed by atoms with Crippen molar-refractivity contribution in [2.24, 2.45) is 5.73 Å². The van der Waals surface area contributed by atoms with Gasteiger partial charge in [-0.05, 0) is 31.5 Å². The van der Waals surface area contributed by atoms with Gasteiger partial charge >= 0.3 is 0 Å². The minimum atomic E-state index is -1.36. The highest BCUT2D eigenvalue weighted by molar-refractivity contribution is 5.83. The number of piperidine rings is 1. The highest BCUT2D eigenvalue weighted by Gasteiger charge is 2.38. The number of likely N-dealkylation sites (tertiary alicyclic amines) is 1. The maximum atomic E-state index is 11.2. The molecule has 1 fully saturated rings. The Labute approximate surface area is 107 Å². The Morgan fingerprint density at radius 1 is 1.56 bits per heavy atom. The maximum absolute atomic E-state index is 11.2. The molecule has 2 rings (SSSR count). The van der Waals surface area contributed by atoms with E-state index in [9.17, 15) is 9.90 Å². The number of carbonyl (C=O) groups is 1. The van der Waals surface area contributed by atoms with Gasteiger partial charge in [-0.3, -0.25) is 14.7 Å². The SMILES string of the molecule is NC(=O)[C@@]1(O)CCCN(CCc2ccccn2)C1. The lowest BCUT2D eigenvalue weighted by Crippen LogP contribution is -2.56. The maximum Gasteiger partial charge on any atom is 0.250 e. The van der Waals surface area contributed by atoms with Gasteiger partial charge in [0.25, 0.3) is 5.91 Å². The van der Waals surface area contributed by atoms with Gasteiger partial charge < -0.3 is 10.8 Å². The number of aliphatic hydroxyl groups is 1. The Hall–Kier alpha value is -1.46. The van der Waals surface area contributed by atoms with Crippen molar-refractivity contribution >= 4 is 5.91 Å². The molecule has 0 radical (unpaired) electrons. The van der Waals surface area contributed by atoms with Gasteiger partial charge in [0.15, 0.2) is 5.60 Å². The Balaban J connectivity index is 1.89. The molecule has 98 valence electrons. The van der Waals surface area contributed by atoms with Crippen molar-refractivity contribution in [2.45, 2.75) is 24.9 Å². The number of carbonyl (C=O) groups excluding carboxylic acids is 1. The summed E-state index contributed by atoms with van der Waals surface area (Å²) in [5.74, 6) is -0.620. The van der Waals surface area contributed by atoms with Crippen LogP contribution in [0.25, 0.3) is 0 Å². The fourth-order valence-electron chi connectivity index (χ4n) is 2.33. The van der Waals surface area contributed by atoms with E-state index in [1.54, 1.807) is 6.20 Å². The van der Waals surface area contributed by atoms with Gasteiger partial charge in [-0.1, -0.05) is 6.07 Å². The van der Waals surface area contributed by atoms with E-state index in [1.165, 1.54) is 0 Å². The Bertz CT molecular complexity index is 410. The summed E-state index contributed by atoms with van der Waals surface area (Å²) in [6, 6.07) is 5.82. The summed E-state index contributed by atoms with van der Waals surface area (Å²) in [6.45, 7) is 2.00. The second-order valence-corrected chi connectivity index (χ2v) is 4.85. The van der Waals surface area contributed by atoms with Crippen molar-refractivity contribution in [1.82, 2.24) is 9.88 Å². The molecule has 1 aromatic rings. The molecule has 0 unspecified atom stereocenters. The summed E-state index contributed by atoms with van der Waals surface area (Å²) >= 11 is 0. The Morgan fingerprint density at radius 2 is 2.39 bits per heavy atom. The summed E-state index contributed by atoms with van der Waals surface area (Å²) in [6.07, 6.45) is 3.84. The molecule has 5 heteroatoms. The van der Waals surface area contributed by atoms with Crippen LogP contribution in [-0.2, 0) is 11.2 Å². The van der Waals surface area contributed by atoms with Crippen molar-refractivity contribution in [3.63, 3.8) is 0 Å². The molecule has 5 nitrogen and oxygen atoms in total. The van der Waals surface area contributed by atoms with Crippen LogP contribution >= 0.6 is 0 Å². The van der Waals surface area contributed by atoms with Crippen molar-refractivity contribution in [3.05, 3.63) is 30.1 Å². The van der Waals surface area contributed by atoms with Crippen molar-refractivity contribution in [1.29, 1.82) is 0 Å². The van der Waals surface area contributed by atoms with E-state index >= 15 is 0 Å². The van der Waals surface area contributed by atoms with Crippen molar-refractivity contribution in [3.8, 4) is 0 Å². The second kappa shape index (κ2) is 5.46. The highest BCUT2D eigenvalue weighted by atomic mass is 16.3. The van der Waals surface area contributed by atoms with Gasteiger partial charge in [-0.25, -0.2) is 0 Å². The Morgan fingerprint density at radius 3 is 3.06 bits per heavy atom. The van der Waals surface area contributed by atoms with Crippen LogP contribution in [0.15, 0.2) is 24.4 Å². The predicted octanol–water partition coefficient (Wildman–Crippen LogP) is -0.0637. The van der Waals surface area contributed by atoms with Crippen molar-refractivity contribution in [2.75, 3.05) is 19.6 Å². The molecule has 0 bridgehead atoms. The third-order valence-electron chi connectivity index (χ3n) is 3.42. The van der Waals surface area contributed by atoms with Crippen LogP contribution in [0.2, 0.25) is 0 Å². The normalized spacial score (nSPS) is 24.9. The summed E-state index contributed by atoms with van der Waals surface area (Å²) in [4.78, 5) is 17.6. The third kappa shape index (κ3) is 3.05. The summed E-state index contributed by atoms with van der Waals surface area (Å²) < 4.78 is 0. The summed E-state index contributed by atoms with van der Waals surface area (Å²) in [5.41, 5.74) is 4.90. The third-order valence-corrected chi connectivity index (χ3v) is 3.42. The lowest BCUT2D eigenvalue weighted by Gasteiger charge is -2.36. The van der Waals surface area contributed by atoms with Gasteiger partial charge in [0.2, 0.25) is 0 Å². The van der Waals surface area contributed by atoms with E-state index in [0.717, 1.165) is 31.6 Å². The first-order valence-electron chi connectivity index (χ1n) is 6.25. The molecule has 0 aliphatic carbocycles. The highest BCUT2D eigenvalue weighted by Crippen LogP contribution is 2.20. The topological polar surface area (TPSA) is 79.5 Å². The number of aromatic nitrogens is 1. The first kappa shape index (κ1) is 13.0. The number of β-amino-alcohol motifs (C(OH)–C–C–N with tert-alkyl or cyclic N) is 1. The standard InChI is InChI=1S/C13H19N3O2/c14-12(17)13(18)6-3-8-16(10-13)9-5-11-4-1-2-7-15-11/h1-2,4,7,18H,3,5-6,8-10H2,(H2,14,17)/t13-/m1/s1. The molecule has 3 N–H and O–H groups in total. The lowest BCUT2D eigenvalue weighted by molar-refractivity contribution is -0.142. The van der Waals surface area contributed by atoms with Gasteiger partial charge in [0, 0.05) is 31.4 Å². The minimum absolute atomic E-state index is 0.329. The lowest BCUT2D eigenvalue weighted by atomic mass is 9.92. The molecule has 0 spiro atoms. The zero-order chi connectivity index (χ0) is 13.0. The number of hydrogen-bond acceptors (Lipinski definition) is 4. The summed E-state index contributed by atoms with van der Waals surface area (Å²) in [7, 11) is 0. The van der Waals surface area contributed by atoms with E-state index < -0.39 is 11.5 Å². The molecule has 1 amide bonds. The number of pyridine rings is 1. The van der Waals surface area contributed by atoms with E-state index in [2.05, 4.69) is 9.88 Å². The predicted molar refractivity (Wildman–Crippen MR) is 67.8 cm³/mol. The quantitative estimate of drug-likeness (QED) is 0.783. The fourth-order valence-corrected chi connectivity index (χ4v) is 2.33. The minimum Gasteiger partial charge on any atom is -0.379 e. The number of primary amides is 1. The first-order valence-corrected chi connectivity index (χ1v) is 6.25. The molecule has 0 aromatic carbocycles. The molecule has 1 atom stereocenters. The average molecular weight is 249 g/mol. The van der Waals surface area contributed by atoms with Crippen LogP contribution in [0, 0.1) is 0 Å². The largest absolute Gasteiger partial charge is 0.379 e. The second-order valence-electron chi connectivity index (χ2n) is 4.85. The van der Waals surface area contributed by atoms with Crippen LogP contribution in [0.3, 0.4) is 0 Å². The molecular weight excluding hydrogens is 230 g/mol. The van der Waals surface area contributed by atoms with E-state index in [0.29, 0.717) is 13.0 Å². The zero-order valence-corrected chi connectivity index (χ0v) is 10.4. The number of rotatable bonds is 4. The molecule has 1 aliphatic heterocycles. The molecule has 1 aliphatic rings. The number of nitrogens with zero attached hydrogens (tertiary/aromatic N) is 2. The van der Waals surface area contributed by atoms with E-state index in [1.807, 2.05) is 18.2 Å². The monoisotopic (exact) mass is 249 g/mol.